The summed E-state index contributed by atoms with van der Waals surface area (Å²) in [5.74, 6) is -0.229. The van der Waals surface area contributed by atoms with Gasteiger partial charge in [0.15, 0.2) is 0 Å². The number of carbonyl (C=O) groups excluding carboxylic acids is 1. The Bertz CT molecular complexity index is 472. The number of ether oxygens (including phenoxy) is 2. The molecule has 0 aromatic heterocycles. The van der Waals surface area contributed by atoms with E-state index < -0.39 is 6.10 Å². The molecule has 0 aliphatic rings. The van der Waals surface area contributed by atoms with Crippen molar-refractivity contribution in [3.63, 3.8) is 0 Å². The maximum Gasteiger partial charge on any atom is 0.306 e. The zero-order chi connectivity index (χ0) is 25.0. The van der Waals surface area contributed by atoms with Gasteiger partial charge in [0, 0.05) is 13.0 Å². The molecule has 4 nitrogen and oxygen atoms in total. The molecule has 0 fully saturated rings. The van der Waals surface area contributed by atoms with Crippen LogP contribution >= 0.6 is 0 Å². The van der Waals surface area contributed by atoms with Gasteiger partial charge >= 0.3 is 5.97 Å². The summed E-state index contributed by atoms with van der Waals surface area (Å²) in [6, 6.07) is 0. The highest BCUT2D eigenvalue weighted by atomic mass is 16.6. The Morgan fingerprint density at radius 1 is 0.706 bits per heavy atom. The van der Waals surface area contributed by atoms with Crippen molar-refractivity contribution in [1.82, 2.24) is 0 Å². The summed E-state index contributed by atoms with van der Waals surface area (Å²) < 4.78 is 10.9. The number of hydrogen-bond donors (Lipinski definition) is 1. The number of rotatable bonds is 26. The summed E-state index contributed by atoms with van der Waals surface area (Å²) in [5, 5.41) is 9.35. The zero-order valence-electron chi connectivity index (χ0n) is 22.6. The predicted octanol–water partition coefficient (Wildman–Crippen LogP) is 8.47. The Labute approximate surface area is 211 Å². The minimum absolute atomic E-state index is 0.175. The molecule has 0 aliphatic heterocycles. The molecular weight excluding hydrogens is 424 g/mol. The Morgan fingerprint density at radius 3 is 1.82 bits per heavy atom. The van der Waals surface area contributed by atoms with E-state index >= 15 is 0 Å². The van der Waals surface area contributed by atoms with Gasteiger partial charge in [-0.1, -0.05) is 109 Å². The van der Waals surface area contributed by atoms with Crippen LogP contribution in [-0.4, -0.2) is 37.0 Å². The van der Waals surface area contributed by atoms with Crippen molar-refractivity contribution in [2.75, 3.05) is 19.8 Å². The van der Waals surface area contributed by atoms with Gasteiger partial charge in [-0.15, -0.1) is 0 Å². The SMILES string of the molecule is CCCCCC/C=C\C/C=C\CCCCCCCCCCOCC(CO)OC(=O)CCCCC. The van der Waals surface area contributed by atoms with Crippen LogP contribution in [0.1, 0.15) is 136 Å². The van der Waals surface area contributed by atoms with Crippen LogP contribution in [0.5, 0.6) is 0 Å². The summed E-state index contributed by atoms with van der Waals surface area (Å²) in [5.41, 5.74) is 0. The van der Waals surface area contributed by atoms with E-state index in [-0.39, 0.29) is 12.6 Å². The van der Waals surface area contributed by atoms with E-state index in [1.807, 2.05) is 0 Å². The van der Waals surface area contributed by atoms with E-state index in [1.54, 1.807) is 0 Å². The zero-order valence-corrected chi connectivity index (χ0v) is 22.6. The summed E-state index contributed by atoms with van der Waals surface area (Å²) in [4.78, 5) is 11.7. The fourth-order valence-electron chi connectivity index (χ4n) is 3.83. The maximum absolute atomic E-state index is 11.7. The second kappa shape index (κ2) is 28.1. The number of hydrogen-bond acceptors (Lipinski definition) is 4. The summed E-state index contributed by atoms with van der Waals surface area (Å²) in [6.07, 6.45) is 31.2. The largest absolute Gasteiger partial charge is 0.457 e. The van der Waals surface area contributed by atoms with Crippen molar-refractivity contribution in [2.24, 2.45) is 0 Å². The van der Waals surface area contributed by atoms with Crippen LogP contribution in [0, 0.1) is 0 Å². The van der Waals surface area contributed by atoms with Crippen molar-refractivity contribution in [3.05, 3.63) is 24.3 Å². The molecule has 0 amide bonds. The van der Waals surface area contributed by atoms with Gasteiger partial charge in [0.25, 0.3) is 0 Å². The maximum atomic E-state index is 11.7. The smallest absolute Gasteiger partial charge is 0.306 e. The molecule has 0 spiro atoms. The molecule has 0 aromatic carbocycles. The first-order valence-corrected chi connectivity index (χ1v) is 14.4. The number of aliphatic hydroxyl groups excluding tert-OH is 1. The molecule has 0 rings (SSSR count). The monoisotopic (exact) mass is 480 g/mol. The van der Waals surface area contributed by atoms with Gasteiger partial charge in [-0.2, -0.15) is 0 Å². The number of allylic oxidation sites excluding steroid dienone is 4. The molecule has 0 radical (unpaired) electrons. The molecule has 0 aliphatic carbocycles. The van der Waals surface area contributed by atoms with Gasteiger partial charge in [-0.05, 0) is 44.9 Å². The second-order valence-corrected chi connectivity index (χ2v) is 9.47. The third-order valence-corrected chi connectivity index (χ3v) is 6.03. The van der Waals surface area contributed by atoms with E-state index in [4.69, 9.17) is 9.47 Å². The second-order valence-electron chi connectivity index (χ2n) is 9.47. The molecule has 1 N–H and O–H groups in total. The van der Waals surface area contributed by atoms with Gasteiger partial charge in [-0.3, -0.25) is 4.79 Å². The fourth-order valence-corrected chi connectivity index (χ4v) is 3.83. The molecule has 4 heteroatoms. The summed E-state index contributed by atoms with van der Waals surface area (Å²) >= 11 is 0. The number of carbonyl (C=O) groups is 1. The third-order valence-electron chi connectivity index (χ3n) is 6.03. The topological polar surface area (TPSA) is 55.8 Å². The van der Waals surface area contributed by atoms with E-state index in [2.05, 4.69) is 38.2 Å². The van der Waals surface area contributed by atoms with Crippen LogP contribution < -0.4 is 0 Å². The van der Waals surface area contributed by atoms with Gasteiger partial charge in [0.05, 0.1) is 13.2 Å². The van der Waals surface area contributed by atoms with Crippen molar-refractivity contribution < 1.29 is 19.4 Å². The normalized spacial score (nSPS) is 12.7. The first kappa shape index (κ1) is 32.9. The quantitative estimate of drug-likeness (QED) is 0.0766. The van der Waals surface area contributed by atoms with Crippen LogP contribution in [0.2, 0.25) is 0 Å². The Hall–Kier alpha value is -1.13. The highest BCUT2D eigenvalue weighted by molar-refractivity contribution is 5.69. The molecule has 0 saturated carbocycles. The average Bonchev–Trinajstić information content (AvgIpc) is 2.84. The standard InChI is InChI=1S/C30H56O4/c1-3-5-7-8-9-10-11-12-13-14-15-16-17-18-19-20-21-22-24-26-33-28-29(27-31)34-30(32)25-23-6-4-2/h10-11,13-14,29,31H,3-9,12,15-28H2,1-2H3/b11-10-,14-13-. The van der Waals surface area contributed by atoms with Gasteiger partial charge in [0.2, 0.25) is 0 Å². The minimum Gasteiger partial charge on any atom is -0.457 e. The van der Waals surface area contributed by atoms with E-state index in [0.717, 1.165) is 32.1 Å². The molecule has 0 aromatic rings. The van der Waals surface area contributed by atoms with Crippen LogP contribution in [0.4, 0.5) is 0 Å². The molecule has 0 saturated heterocycles. The molecule has 1 unspecified atom stereocenters. The van der Waals surface area contributed by atoms with Crippen molar-refractivity contribution in [2.45, 2.75) is 142 Å². The van der Waals surface area contributed by atoms with Gasteiger partial charge in [0.1, 0.15) is 6.10 Å². The molecule has 200 valence electrons. The molecule has 34 heavy (non-hydrogen) atoms. The highest BCUT2D eigenvalue weighted by Gasteiger charge is 2.13. The lowest BCUT2D eigenvalue weighted by Crippen LogP contribution is -2.27. The van der Waals surface area contributed by atoms with Gasteiger partial charge < -0.3 is 14.6 Å². The van der Waals surface area contributed by atoms with Gasteiger partial charge in [-0.25, -0.2) is 0 Å². The van der Waals surface area contributed by atoms with Crippen LogP contribution in [-0.2, 0) is 14.3 Å². The number of esters is 1. The number of aliphatic hydroxyl groups is 1. The van der Waals surface area contributed by atoms with Crippen LogP contribution in [0.25, 0.3) is 0 Å². The molecular formula is C30H56O4. The van der Waals surface area contributed by atoms with Crippen LogP contribution in [0.3, 0.4) is 0 Å². The van der Waals surface area contributed by atoms with Crippen LogP contribution in [0.15, 0.2) is 24.3 Å². The third kappa shape index (κ3) is 25.5. The van der Waals surface area contributed by atoms with E-state index in [9.17, 15) is 9.90 Å². The fraction of sp³-hybridized carbons (Fsp3) is 0.833. The summed E-state index contributed by atoms with van der Waals surface area (Å²) in [6.45, 7) is 5.15. The first-order valence-electron chi connectivity index (χ1n) is 14.4. The number of unbranched alkanes of at least 4 members (excludes halogenated alkanes) is 14. The van der Waals surface area contributed by atoms with Crippen molar-refractivity contribution >= 4 is 5.97 Å². The highest BCUT2D eigenvalue weighted by Crippen LogP contribution is 2.11. The molecule has 0 bridgehead atoms. The minimum atomic E-state index is -0.527. The van der Waals surface area contributed by atoms with Crippen molar-refractivity contribution in [3.8, 4) is 0 Å². The lowest BCUT2D eigenvalue weighted by Gasteiger charge is -2.15. The predicted molar refractivity (Wildman–Crippen MR) is 145 cm³/mol. The lowest BCUT2D eigenvalue weighted by atomic mass is 10.1. The first-order chi connectivity index (χ1) is 16.7. The average molecular weight is 481 g/mol. The molecule has 0 heterocycles. The summed E-state index contributed by atoms with van der Waals surface area (Å²) in [7, 11) is 0. The Balaban J connectivity index is 3.36. The van der Waals surface area contributed by atoms with E-state index in [0.29, 0.717) is 19.6 Å². The Kier molecular flexibility index (Phi) is 27.2. The van der Waals surface area contributed by atoms with E-state index in [1.165, 1.54) is 83.5 Å². The Morgan fingerprint density at radius 2 is 1.24 bits per heavy atom. The molecule has 1 atom stereocenters. The van der Waals surface area contributed by atoms with Crippen molar-refractivity contribution in [1.29, 1.82) is 0 Å². The lowest BCUT2D eigenvalue weighted by molar-refractivity contribution is -0.154.